The van der Waals surface area contributed by atoms with E-state index in [1.165, 1.54) is 11.3 Å². The zero-order chi connectivity index (χ0) is 22.2. The maximum atomic E-state index is 13.4. The van der Waals surface area contributed by atoms with Crippen LogP contribution in [0, 0.1) is 13.8 Å². The number of hydrogen-bond donors (Lipinski definition) is 0. The van der Waals surface area contributed by atoms with Gasteiger partial charge in [-0.3, -0.25) is 9.36 Å². The third-order valence-electron chi connectivity index (χ3n) is 6.34. The predicted octanol–water partition coefficient (Wildman–Crippen LogP) is 3.33. The summed E-state index contributed by atoms with van der Waals surface area (Å²) in [5.74, 6) is 0.640. The standard InChI is InChI=1S/C25H28N6O/c1-4-28-13-15-29(16-14-28)20-9-11-21(12-10-20)30-19(3)27-24-23(25(30)32)17-26-31(24)22-7-5-18(2)6-8-22/h5-12,17H,4,13-16H2,1-3H3. The lowest BCUT2D eigenvalue weighted by Gasteiger charge is -2.35. The fraction of sp³-hybridized carbons (Fsp3) is 0.320. The highest BCUT2D eigenvalue weighted by atomic mass is 16.1. The fourth-order valence-electron chi connectivity index (χ4n) is 4.38. The van der Waals surface area contributed by atoms with E-state index in [0.29, 0.717) is 16.9 Å². The van der Waals surface area contributed by atoms with Crippen molar-refractivity contribution in [2.45, 2.75) is 20.8 Å². The van der Waals surface area contributed by atoms with Gasteiger partial charge in [-0.1, -0.05) is 24.6 Å². The van der Waals surface area contributed by atoms with Gasteiger partial charge in [-0.2, -0.15) is 5.10 Å². The SMILES string of the molecule is CCN1CCN(c2ccc(-n3c(C)nc4c(cnn4-c4ccc(C)cc4)c3=O)cc2)CC1. The Kier molecular flexibility index (Phi) is 5.27. The van der Waals surface area contributed by atoms with Gasteiger partial charge in [0, 0.05) is 31.9 Å². The summed E-state index contributed by atoms with van der Waals surface area (Å²) in [5.41, 5.74) is 4.56. The number of benzene rings is 2. The van der Waals surface area contributed by atoms with Crippen molar-refractivity contribution in [3.8, 4) is 11.4 Å². The topological polar surface area (TPSA) is 59.2 Å². The lowest BCUT2D eigenvalue weighted by Crippen LogP contribution is -2.46. The number of fused-ring (bicyclic) bond motifs is 1. The maximum Gasteiger partial charge on any atom is 0.269 e. The minimum atomic E-state index is -0.102. The molecular formula is C25H28N6O. The average molecular weight is 429 g/mol. The Labute approximate surface area is 187 Å². The lowest BCUT2D eigenvalue weighted by molar-refractivity contribution is 0.271. The highest BCUT2D eigenvalue weighted by Gasteiger charge is 2.18. The molecule has 7 nitrogen and oxygen atoms in total. The fourth-order valence-corrected chi connectivity index (χ4v) is 4.38. The van der Waals surface area contributed by atoms with Crippen LogP contribution in [0.1, 0.15) is 18.3 Å². The number of piperazine rings is 1. The number of hydrogen-bond acceptors (Lipinski definition) is 5. The van der Waals surface area contributed by atoms with Crippen LogP contribution in [-0.2, 0) is 0 Å². The molecule has 1 fully saturated rings. The van der Waals surface area contributed by atoms with Gasteiger partial charge in [0.15, 0.2) is 5.65 Å². The monoisotopic (exact) mass is 428 g/mol. The Morgan fingerprint density at radius 2 is 1.47 bits per heavy atom. The molecular weight excluding hydrogens is 400 g/mol. The largest absolute Gasteiger partial charge is 0.369 e. The van der Waals surface area contributed by atoms with Crippen LogP contribution in [0.25, 0.3) is 22.4 Å². The molecule has 164 valence electrons. The molecule has 0 saturated carbocycles. The molecule has 1 aliphatic heterocycles. The molecule has 1 saturated heterocycles. The van der Waals surface area contributed by atoms with Crippen LogP contribution in [0.5, 0.6) is 0 Å². The highest BCUT2D eigenvalue weighted by Crippen LogP contribution is 2.21. The molecule has 0 aliphatic carbocycles. The van der Waals surface area contributed by atoms with Crippen LogP contribution in [0.4, 0.5) is 5.69 Å². The van der Waals surface area contributed by atoms with Crippen molar-refractivity contribution in [2.24, 2.45) is 0 Å². The minimum absolute atomic E-state index is 0.102. The van der Waals surface area contributed by atoms with Crippen molar-refractivity contribution in [3.63, 3.8) is 0 Å². The average Bonchev–Trinajstić information content (AvgIpc) is 3.24. The summed E-state index contributed by atoms with van der Waals surface area (Å²) >= 11 is 0. The normalized spacial score (nSPS) is 14.9. The smallest absolute Gasteiger partial charge is 0.269 e. The van der Waals surface area contributed by atoms with Gasteiger partial charge < -0.3 is 9.80 Å². The van der Waals surface area contributed by atoms with E-state index in [0.717, 1.165) is 44.1 Å². The first-order valence-corrected chi connectivity index (χ1v) is 11.2. The summed E-state index contributed by atoms with van der Waals surface area (Å²) in [5, 5.41) is 4.96. The van der Waals surface area contributed by atoms with Gasteiger partial charge in [-0.15, -0.1) is 0 Å². The molecule has 0 atom stereocenters. The predicted molar refractivity (Wildman–Crippen MR) is 128 cm³/mol. The third kappa shape index (κ3) is 3.58. The second kappa shape index (κ2) is 8.24. The van der Waals surface area contributed by atoms with Crippen molar-refractivity contribution < 1.29 is 0 Å². The first-order chi connectivity index (χ1) is 15.5. The van der Waals surface area contributed by atoms with Crippen LogP contribution in [0.2, 0.25) is 0 Å². The van der Waals surface area contributed by atoms with Crippen LogP contribution >= 0.6 is 0 Å². The summed E-state index contributed by atoms with van der Waals surface area (Å²) < 4.78 is 3.40. The summed E-state index contributed by atoms with van der Waals surface area (Å²) in [6, 6.07) is 16.3. The second-order valence-electron chi connectivity index (χ2n) is 8.37. The highest BCUT2D eigenvalue weighted by molar-refractivity contribution is 5.76. The minimum Gasteiger partial charge on any atom is -0.369 e. The Balaban J connectivity index is 1.48. The molecule has 0 N–H and O–H groups in total. The molecule has 0 spiro atoms. The van der Waals surface area contributed by atoms with Crippen LogP contribution in [0.3, 0.4) is 0 Å². The van der Waals surface area contributed by atoms with E-state index in [1.807, 2.05) is 50.2 Å². The Hall–Kier alpha value is -3.45. The van der Waals surface area contributed by atoms with E-state index in [-0.39, 0.29) is 5.56 Å². The van der Waals surface area contributed by atoms with Crippen LogP contribution < -0.4 is 10.5 Å². The van der Waals surface area contributed by atoms with Gasteiger partial charge in [0.1, 0.15) is 11.2 Å². The van der Waals surface area contributed by atoms with Crippen molar-refractivity contribution in [1.29, 1.82) is 0 Å². The van der Waals surface area contributed by atoms with Crippen molar-refractivity contribution in [3.05, 3.63) is 76.5 Å². The van der Waals surface area contributed by atoms with E-state index < -0.39 is 0 Å². The van der Waals surface area contributed by atoms with E-state index >= 15 is 0 Å². The van der Waals surface area contributed by atoms with Crippen molar-refractivity contribution >= 4 is 16.7 Å². The first kappa shape index (κ1) is 20.5. The Morgan fingerprint density at radius 1 is 0.844 bits per heavy atom. The number of rotatable bonds is 4. The summed E-state index contributed by atoms with van der Waals surface area (Å²) in [6.45, 7) is 11.4. The zero-order valence-electron chi connectivity index (χ0n) is 18.8. The van der Waals surface area contributed by atoms with Crippen LogP contribution in [-0.4, -0.2) is 57.0 Å². The number of nitrogens with zero attached hydrogens (tertiary/aromatic N) is 6. The molecule has 1 aliphatic rings. The Morgan fingerprint density at radius 3 is 2.12 bits per heavy atom. The van der Waals surface area contributed by atoms with Gasteiger partial charge in [0.2, 0.25) is 0 Å². The van der Waals surface area contributed by atoms with Gasteiger partial charge in [0.05, 0.1) is 17.6 Å². The summed E-state index contributed by atoms with van der Waals surface area (Å²) in [6.07, 6.45) is 1.61. The quantitative estimate of drug-likeness (QED) is 0.499. The van der Waals surface area contributed by atoms with Gasteiger partial charge in [-0.05, 0) is 56.8 Å². The third-order valence-corrected chi connectivity index (χ3v) is 6.34. The van der Waals surface area contributed by atoms with Crippen molar-refractivity contribution in [2.75, 3.05) is 37.6 Å². The Bertz CT molecular complexity index is 1300. The van der Waals surface area contributed by atoms with E-state index in [1.54, 1.807) is 15.4 Å². The molecule has 0 radical (unpaired) electrons. The molecule has 3 heterocycles. The van der Waals surface area contributed by atoms with E-state index in [2.05, 4.69) is 34.0 Å². The number of anilines is 1. The molecule has 5 rings (SSSR count). The van der Waals surface area contributed by atoms with Crippen molar-refractivity contribution in [1.82, 2.24) is 24.2 Å². The molecule has 7 heteroatoms. The molecule has 32 heavy (non-hydrogen) atoms. The van der Waals surface area contributed by atoms with E-state index in [9.17, 15) is 4.79 Å². The lowest BCUT2D eigenvalue weighted by atomic mass is 10.2. The van der Waals surface area contributed by atoms with Gasteiger partial charge in [-0.25, -0.2) is 9.67 Å². The number of aryl methyl sites for hydroxylation is 2. The first-order valence-electron chi connectivity index (χ1n) is 11.2. The second-order valence-corrected chi connectivity index (χ2v) is 8.37. The summed E-state index contributed by atoms with van der Waals surface area (Å²) in [4.78, 5) is 23.0. The zero-order valence-corrected chi connectivity index (χ0v) is 18.8. The maximum absolute atomic E-state index is 13.4. The molecule has 0 unspecified atom stereocenters. The molecule has 2 aromatic carbocycles. The van der Waals surface area contributed by atoms with Gasteiger partial charge in [0.25, 0.3) is 5.56 Å². The molecule has 4 aromatic rings. The van der Waals surface area contributed by atoms with E-state index in [4.69, 9.17) is 4.98 Å². The molecule has 0 amide bonds. The number of likely N-dealkylation sites (N-methyl/N-ethyl adjacent to an activating group) is 1. The van der Waals surface area contributed by atoms with Gasteiger partial charge >= 0.3 is 0 Å². The van der Waals surface area contributed by atoms with Crippen LogP contribution in [0.15, 0.2) is 59.5 Å². The summed E-state index contributed by atoms with van der Waals surface area (Å²) in [7, 11) is 0. The molecule has 2 aromatic heterocycles. The number of aromatic nitrogens is 4. The molecule has 0 bridgehead atoms.